The molecule has 2 atom stereocenters. The zero-order valence-electron chi connectivity index (χ0n) is 38.3. The van der Waals surface area contributed by atoms with Crippen molar-refractivity contribution >= 4 is 44.2 Å². The highest BCUT2D eigenvalue weighted by molar-refractivity contribution is 7.90. The number of amides is 1. The maximum atomic E-state index is 15.8. The normalized spacial score (nSPS) is 20.5. The Morgan fingerprint density at radius 3 is 2.49 bits per heavy atom. The third-order valence-corrected chi connectivity index (χ3v) is 16.1. The van der Waals surface area contributed by atoms with E-state index in [0.717, 1.165) is 62.8 Å². The van der Waals surface area contributed by atoms with Gasteiger partial charge in [-0.05, 0) is 112 Å². The van der Waals surface area contributed by atoms with E-state index in [9.17, 15) is 28.4 Å². The number of likely N-dealkylation sites (tertiary alicyclic amines) is 2. The van der Waals surface area contributed by atoms with Crippen LogP contribution in [0.15, 0.2) is 84.1 Å². The number of anilines is 2. The average molecular weight is 938 g/mol. The molecule has 1 spiro atoms. The number of rotatable bonds is 15. The Bertz CT molecular complexity index is 2730. The van der Waals surface area contributed by atoms with Crippen molar-refractivity contribution in [3.63, 3.8) is 0 Å². The number of carbonyl (C=O) groups is 1. The van der Waals surface area contributed by atoms with Crippen LogP contribution in [-0.2, 0) is 10.0 Å². The number of carbonyl (C=O) groups excluding carboxylic acids is 1. The third kappa shape index (κ3) is 9.71. The summed E-state index contributed by atoms with van der Waals surface area (Å²) in [5, 5.41) is 25.3. The number of nitrogens with zero attached hydrogens (tertiary/aromatic N) is 6. The van der Waals surface area contributed by atoms with Crippen LogP contribution in [-0.4, -0.2) is 113 Å². The van der Waals surface area contributed by atoms with Gasteiger partial charge in [0.2, 0.25) is 0 Å². The van der Waals surface area contributed by atoms with Crippen LogP contribution in [0.4, 0.5) is 21.6 Å². The van der Waals surface area contributed by atoms with E-state index in [2.05, 4.69) is 72.9 Å². The quantitative estimate of drug-likeness (QED) is 0.0581. The first-order chi connectivity index (χ1) is 32.1. The number of nitro benzene ring substituents is 1. The van der Waals surface area contributed by atoms with Gasteiger partial charge in [0.25, 0.3) is 21.6 Å². The summed E-state index contributed by atoms with van der Waals surface area (Å²) in [7, 11) is -4.68. The number of fused-ring (bicyclic) bond motifs is 1. The standard InChI is InChI=1S/C49H60FN9O7S/c1-32(2)38-7-4-5-8-39(38)42-9-6-18-58(42)35-26-48(27-35)13-19-57(20-14-48)45-25-44(66-36-23-34-12-17-51-46(34)53-28-36)40(29-52-45)47(61)55-67(64,65)37-10-11-41(43(24-37)59(62)63)54-31-49(50)15-21-56(22-16-49)33(3)30-60/h4-5,7-8,10-12,17,23-25,28-29,32-33,35,42,54,60H,6,9,13-16,18-22,26-27,30-31H2,1-3H3,(H,51,53)(H,55,61)/t33?,42-/m0/s1. The van der Waals surface area contributed by atoms with E-state index in [4.69, 9.17) is 4.74 Å². The van der Waals surface area contributed by atoms with Gasteiger partial charge in [-0.25, -0.2) is 27.5 Å². The number of piperidine rings is 2. The highest BCUT2D eigenvalue weighted by Gasteiger charge is 2.50. The Labute approximate surface area is 390 Å². The number of hydrogen-bond acceptors (Lipinski definition) is 13. The molecule has 0 radical (unpaired) electrons. The van der Waals surface area contributed by atoms with Gasteiger partial charge in [-0.15, -0.1) is 0 Å². The molecule has 18 heteroatoms. The summed E-state index contributed by atoms with van der Waals surface area (Å²) in [6, 6.07) is 18.2. The summed E-state index contributed by atoms with van der Waals surface area (Å²) in [6.07, 6.45) is 11.6. The topological polar surface area (TPSA) is 199 Å². The number of hydrogen-bond donors (Lipinski definition) is 4. The van der Waals surface area contributed by atoms with Crippen LogP contribution in [0.3, 0.4) is 0 Å². The monoisotopic (exact) mass is 937 g/mol. The van der Waals surface area contributed by atoms with Gasteiger partial charge in [0.1, 0.15) is 39.9 Å². The lowest BCUT2D eigenvalue weighted by atomic mass is 9.60. The van der Waals surface area contributed by atoms with Gasteiger partial charge in [-0.2, -0.15) is 0 Å². The number of pyridine rings is 2. The highest BCUT2D eigenvalue weighted by Crippen LogP contribution is 2.54. The molecule has 1 amide bonds. The van der Waals surface area contributed by atoms with Gasteiger partial charge in [0.05, 0.1) is 22.6 Å². The van der Waals surface area contributed by atoms with E-state index >= 15 is 4.39 Å². The molecule has 6 heterocycles. The molecule has 4 aliphatic rings. The number of nitrogens with one attached hydrogen (secondary N) is 3. The number of aliphatic hydroxyl groups excluding tert-OH is 1. The van der Waals surface area contributed by atoms with E-state index in [0.29, 0.717) is 48.3 Å². The smallest absolute Gasteiger partial charge is 0.293 e. The van der Waals surface area contributed by atoms with Gasteiger partial charge >= 0.3 is 0 Å². The summed E-state index contributed by atoms with van der Waals surface area (Å²) in [5.74, 6) is 0.382. The molecule has 9 rings (SSSR count). The summed E-state index contributed by atoms with van der Waals surface area (Å²) < 4.78 is 51.6. The first-order valence-electron chi connectivity index (χ1n) is 23.5. The molecule has 1 saturated carbocycles. The SMILES string of the molecule is CC(C)c1ccccc1[C@@H]1CCCN1C1CC2(CCN(c3cc(Oc4cnc5[nH]ccc5c4)c(C(=O)NS(=O)(=O)c4ccc(NCC5(F)CCN(C(C)CO)CC5)c([N+](=O)[O-])c4)cn3)CC2)C1. The van der Waals surface area contributed by atoms with E-state index in [1.807, 2.05) is 17.9 Å². The molecule has 3 aliphatic heterocycles. The first-order valence-corrected chi connectivity index (χ1v) is 25.0. The van der Waals surface area contributed by atoms with Crippen molar-refractivity contribution in [2.24, 2.45) is 5.41 Å². The maximum absolute atomic E-state index is 15.8. The molecule has 67 heavy (non-hydrogen) atoms. The molecule has 3 saturated heterocycles. The fraction of sp³-hybridized carbons (Fsp3) is 0.490. The number of benzene rings is 2. The second kappa shape index (κ2) is 18.8. The number of aromatic nitrogens is 3. The molecule has 4 fully saturated rings. The van der Waals surface area contributed by atoms with E-state index < -0.39 is 37.1 Å². The molecule has 2 aromatic carbocycles. The van der Waals surface area contributed by atoms with E-state index in [-0.39, 0.29) is 54.5 Å². The van der Waals surface area contributed by atoms with Gasteiger partial charge < -0.3 is 25.0 Å². The third-order valence-electron chi connectivity index (χ3n) is 14.8. The van der Waals surface area contributed by atoms with Crippen LogP contribution in [0.25, 0.3) is 11.0 Å². The molecule has 4 N–H and O–H groups in total. The number of halogens is 1. The van der Waals surface area contributed by atoms with Crippen LogP contribution in [0.1, 0.15) is 106 Å². The Morgan fingerprint density at radius 2 is 1.76 bits per heavy atom. The Balaban J connectivity index is 0.888. The zero-order chi connectivity index (χ0) is 47.1. The number of aliphatic hydroxyl groups is 1. The summed E-state index contributed by atoms with van der Waals surface area (Å²) >= 11 is 0. The van der Waals surface area contributed by atoms with Crippen LogP contribution >= 0.6 is 0 Å². The van der Waals surface area contributed by atoms with Crippen LogP contribution in [0.5, 0.6) is 11.5 Å². The van der Waals surface area contributed by atoms with Crippen LogP contribution in [0.2, 0.25) is 0 Å². The van der Waals surface area contributed by atoms with Gasteiger partial charge in [0, 0.05) is 80.8 Å². The molecule has 1 unspecified atom stereocenters. The number of ether oxygens (including phenoxy) is 1. The fourth-order valence-electron chi connectivity index (χ4n) is 10.8. The molecule has 5 aromatic rings. The molecular formula is C49H60FN9O7S. The lowest BCUT2D eigenvalue weighted by Gasteiger charge is -2.56. The number of sulfonamides is 1. The van der Waals surface area contributed by atoms with Crippen LogP contribution < -0.4 is 19.7 Å². The minimum absolute atomic E-state index is 0.0457. The highest BCUT2D eigenvalue weighted by atomic mass is 32.2. The first kappa shape index (κ1) is 46.4. The van der Waals surface area contributed by atoms with Gasteiger partial charge in [-0.1, -0.05) is 38.1 Å². The van der Waals surface area contributed by atoms with Crippen molar-refractivity contribution in [1.29, 1.82) is 0 Å². The number of H-pyrrole nitrogens is 1. The summed E-state index contributed by atoms with van der Waals surface area (Å²) in [6.45, 7) is 9.60. The predicted molar refractivity (Wildman–Crippen MR) is 254 cm³/mol. The summed E-state index contributed by atoms with van der Waals surface area (Å²) in [4.78, 5) is 43.9. The molecule has 3 aromatic heterocycles. The Morgan fingerprint density at radius 1 is 1.00 bits per heavy atom. The Kier molecular flexibility index (Phi) is 13.0. The van der Waals surface area contributed by atoms with E-state index in [1.165, 1.54) is 42.4 Å². The minimum atomic E-state index is -4.68. The lowest BCUT2D eigenvalue weighted by Crippen LogP contribution is -2.55. The number of aromatic amines is 1. The van der Waals surface area contributed by atoms with Crippen LogP contribution in [0, 0.1) is 15.5 Å². The van der Waals surface area contributed by atoms with E-state index in [1.54, 1.807) is 18.3 Å². The second-order valence-corrected chi connectivity index (χ2v) is 21.1. The van der Waals surface area contributed by atoms with Crippen molar-refractivity contribution in [3.8, 4) is 11.5 Å². The van der Waals surface area contributed by atoms with Gasteiger partial charge in [0.15, 0.2) is 0 Å². The summed E-state index contributed by atoms with van der Waals surface area (Å²) in [5.41, 5.74) is 1.33. The largest absolute Gasteiger partial charge is 0.455 e. The lowest BCUT2D eigenvalue weighted by molar-refractivity contribution is -0.384. The molecule has 0 bridgehead atoms. The second-order valence-electron chi connectivity index (χ2n) is 19.4. The van der Waals surface area contributed by atoms with Gasteiger partial charge in [-0.3, -0.25) is 24.7 Å². The number of alkyl halides is 1. The predicted octanol–water partition coefficient (Wildman–Crippen LogP) is 8.08. The van der Waals surface area contributed by atoms with Crippen molar-refractivity contribution in [2.75, 3.05) is 56.1 Å². The number of nitro groups is 1. The van der Waals surface area contributed by atoms with Crippen molar-refractivity contribution in [1.82, 2.24) is 29.5 Å². The fourth-order valence-corrected chi connectivity index (χ4v) is 11.8. The maximum Gasteiger partial charge on any atom is 0.293 e. The molecular weight excluding hydrogens is 878 g/mol. The molecule has 1 aliphatic carbocycles. The van der Waals surface area contributed by atoms with Crippen molar-refractivity contribution < 1.29 is 32.4 Å². The minimum Gasteiger partial charge on any atom is -0.455 e. The van der Waals surface area contributed by atoms with Crippen molar-refractivity contribution in [3.05, 3.63) is 106 Å². The Hall–Kier alpha value is -5.69. The molecule has 16 nitrogen and oxygen atoms in total. The molecule has 356 valence electrons. The van der Waals surface area contributed by atoms with Crippen molar-refractivity contribution in [2.45, 2.75) is 107 Å². The average Bonchev–Trinajstić information content (AvgIpc) is 4.00. The zero-order valence-corrected chi connectivity index (χ0v) is 39.1.